The minimum absolute atomic E-state index is 0.0873. The normalized spacial score (nSPS) is 18.0. The molecule has 2 aromatic heterocycles. The third kappa shape index (κ3) is 4.97. The van der Waals surface area contributed by atoms with Gasteiger partial charge in [-0.1, -0.05) is 18.2 Å². The van der Waals surface area contributed by atoms with Crippen LogP contribution in [0.1, 0.15) is 31.5 Å². The summed E-state index contributed by atoms with van der Waals surface area (Å²) in [7, 11) is -2.19. The molecular formula is C28H32N6O5S. The first-order valence-corrected chi connectivity index (χ1v) is 15.1. The van der Waals surface area contributed by atoms with E-state index in [2.05, 4.69) is 10.2 Å². The molecule has 1 amide bonds. The number of likely N-dealkylation sites (tertiary alicyclic amines) is 1. The average Bonchev–Trinajstić information content (AvgIpc) is 3.56. The van der Waals surface area contributed by atoms with E-state index < -0.39 is 15.8 Å². The highest BCUT2D eigenvalue weighted by molar-refractivity contribution is 7.89. The molecule has 2 saturated heterocycles. The number of benzene rings is 2. The van der Waals surface area contributed by atoms with Gasteiger partial charge in [0.05, 0.1) is 10.4 Å². The molecule has 4 aromatic rings. The van der Waals surface area contributed by atoms with Gasteiger partial charge in [0.25, 0.3) is 0 Å². The lowest BCUT2D eigenvalue weighted by Crippen LogP contribution is -2.46. The van der Waals surface area contributed by atoms with Crippen molar-refractivity contribution in [3.8, 4) is 5.69 Å². The molecule has 0 spiro atoms. The van der Waals surface area contributed by atoms with Gasteiger partial charge in [-0.3, -0.25) is 13.9 Å². The zero-order valence-corrected chi connectivity index (χ0v) is 23.2. The van der Waals surface area contributed by atoms with E-state index in [0.29, 0.717) is 37.4 Å². The van der Waals surface area contributed by atoms with Crippen LogP contribution in [0, 0.1) is 11.8 Å². The quantitative estimate of drug-likeness (QED) is 0.353. The maximum absolute atomic E-state index is 13.3. The summed E-state index contributed by atoms with van der Waals surface area (Å²) in [6.07, 6.45) is 5.33. The highest BCUT2D eigenvalue weighted by Gasteiger charge is 2.35. The Morgan fingerprint density at radius 3 is 2.45 bits per heavy atom. The maximum Gasteiger partial charge on any atom is 0.419 e. The molecule has 2 fully saturated rings. The largest absolute Gasteiger partial charge is 0.419 e. The average molecular weight is 565 g/mol. The fourth-order valence-electron chi connectivity index (χ4n) is 5.84. The number of hydrogen-bond acceptors (Lipinski definition) is 7. The first-order chi connectivity index (χ1) is 19.3. The van der Waals surface area contributed by atoms with Crippen LogP contribution in [0.15, 0.2) is 69.0 Å². The fraction of sp³-hybridized carbons (Fsp3) is 0.429. The van der Waals surface area contributed by atoms with Crippen molar-refractivity contribution in [2.45, 2.75) is 37.0 Å². The summed E-state index contributed by atoms with van der Waals surface area (Å²) in [5.74, 6) is 0.754. The number of hydrogen-bond donors (Lipinski definition) is 0. The van der Waals surface area contributed by atoms with Crippen LogP contribution in [0.3, 0.4) is 0 Å². The van der Waals surface area contributed by atoms with E-state index in [1.165, 1.54) is 21.0 Å². The van der Waals surface area contributed by atoms with Gasteiger partial charge in [-0.2, -0.15) is 4.31 Å². The van der Waals surface area contributed by atoms with E-state index in [1.54, 1.807) is 19.4 Å². The summed E-state index contributed by atoms with van der Waals surface area (Å²) in [6.45, 7) is 1.95. The molecule has 2 aliphatic rings. The highest BCUT2D eigenvalue weighted by Crippen LogP contribution is 2.29. The zero-order valence-electron chi connectivity index (χ0n) is 22.3. The zero-order chi connectivity index (χ0) is 27.9. The van der Waals surface area contributed by atoms with Crippen LogP contribution in [-0.4, -0.2) is 69.0 Å². The van der Waals surface area contributed by atoms with Gasteiger partial charge in [0.1, 0.15) is 12.2 Å². The Labute approximate surface area is 232 Å². The highest BCUT2D eigenvalue weighted by atomic mass is 32.2. The predicted octanol–water partition coefficient (Wildman–Crippen LogP) is 2.59. The van der Waals surface area contributed by atoms with Crippen molar-refractivity contribution in [1.29, 1.82) is 0 Å². The number of aromatic nitrogens is 4. The first-order valence-electron chi connectivity index (χ1n) is 13.6. The minimum Gasteiger partial charge on any atom is -0.408 e. The molecule has 4 heterocycles. The molecule has 12 heteroatoms. The molecule has 0 bridgehead atoms. The Hall–Kier alpha value is -3.77. The van der Waals surface area contributed by atoms with Crippen LogP contribution < -0.4 is 5.76 Å². The summed E-state index contributed by atoms with van der Waals surface area (Å²) in [6, 6.07) is 14.5. The Morgan fingerprint density at radius 1 is 1.00 bits per heavy atom. The van der Waals surface area contributed by atoms with E-state index in [-0.39, 0.29) is 35.4 Å². The molecular weight excluding hydrogens is 532 g/mol. The Balaban J connectivity index is 1.03. The van der Waals surface area contributed by atoms with Crippen LogP contribution in [0.2, 0.25) is 0 Å². The minimum atomic E-state index is -3.76. The molecule has 2 aliphatic heterocycles. The molecule has 0 N–H and O–H groups in total. The number of fused-ring (bicyclic) bond motifs is 1. The second-order valence-corrected chi connectivity index (χ2v) is 12.6. The van der Waals surface area contributed by atoms with Crippen molar-refractivity contribution >= 4 is 27.0 Å². The molecule has 210 valence electrons. The van der Waals surface area contributed by atoms with Crippen LogP contribution in [0.25, 0.3) is 16.8 Å². The van der Waals surface area contributed by atoms with E-state index in [1.807, 2.05) is 39.8 Å². The second-order valence-electron chi connectivity index (χ2n) is 10.7. The molecule has 0 aliphatic carbocycles. The monoisotopic (exact) mass is 564 g/mol. The first kappa shape index (κ1) is 26.5. The Bertz CT molecular complexity index is 1680. The molecule has 40 heavy (non-hydrogen) atoms. The van der Waals surface area contributed by atoms with Gasteiger partial charge in [0, 0.05) is 57.3 Å². The van der Waals surface area contributed by atoms with Crippen molar-refractivity contribution in [1.82, 2.24) is 28.5 Å². The SMILES string of the molecule is Cn1c(=O)oc2cc(S(=O)(=O)N3CCC(C(=O)N4CCC(Cc5nncn5-c5ccccc5)CC4)CC3)ccc21. The van der Waals surface area contributed by atoms with Crippen LogP contribution in [-0.2, 0) is 28.3 Å². The number of aryl methyl sites for hydroxylation is 1. The number of nitrogens with zero attached hydrogens (tertiary/aromatic N) is 6. The summed E-state index contributed by atoms with van der Waals surface area (Å²) in [4.78, 5) is 27.1. The van der Waals surface area contributed by atoms with Crippen molar-refractivity contribution in [2.75, 3.05) is 26.2 Å². The number of rotatable bonds is 6. The van der Waals surface area contributed by atoms with Crippen molar-refractivity contribution in [3.05, 3.63) is 71.2 Å². The van der Waals surface area contributed by atoms with Gasteiger partial charge in [-0.15, -0.1) is 10.2 Å². The molecule has 0 atom stereocenters. The smallest absolute Gasteiger partial charge is 0.408 e. The lowest BCUT2D eigenvalue weighted by atomic mass is 9.90. The van der Waals surface area contributed by atoms with Crippen molar-refractivity contribution < 1.29 is 17.6 Å². The standard InChI is InChI=1S/C28H32N6O5S/c1-31-24-8-7-23(18-25(24)39-28(31)36)40(37,38)33-15-11-21(12-16-33)27(35)32-13-9-20(10-14-32)17-26-30-29-19-34(26)22-5-3-2-4-6-22/h2-8,18-21H,9-17H2,1H3. The number of piperidine rings is 2. The summed E-state index contributed by atoms with van der Waals surface area (Å²) >= 11 is 0. The lowest BCUT2D eigenvalue weighted by Gasteiger charge is -2.37. The fourth-order valence-corrected chi connectivity index (χ4v) is 7.33. The third-order valence-electron chi connectivity index (χ3n) is 8.25. The third-order valence-corrected chi connectivity index (χ3v) is 10.1. The van der Waals surface area contributed by atoms with E-state index in [0.717, 1.165) is 30.8 Å². The molecule has 11 nitrogen and oxygen atoms in total. The van der Waals surface area contributed by atoms with Gasteiger partial charge in [-0.25, -0.2) is 13.2 Å². The molecule has 0 radical (unpaired) electrons. The van der Waals surface area contributed by atoms with Gasteiger partial charge in [0.2, 0.25) is 15.9 Å². The van der Waals surface area contributed by atoms with Crippen LogP contribution >= 0.6 is 0 Å². The molecule has 0 saturated carbocycles. The number of para-hydroxylation sites is 1. The van der Waals surface area contributed by atoms with Gasteiger partial charge in [0.15, 0.2) is 5.58 Å². The van der Waals surface area contributed by atoms with Crippen LogP contribution in [0.4, 0.5) is 0 Å². The lowest BCUT2D eigenvalue weighted by molar-refractivity contribution is -0.138. The summed E-state index contributed by atoms with van der Waals surface area (Å²) in [5, 5.41) is 8.45. The number of carbonyl (C=O) groups is 1. The number of sulfonamides is 1. The predicted molar refractivity (Wildman–Crippen MR) is 147 cm³/mol. The van der Waals surface area contributed by atoms with E-state index in [4.69, 9.17) is 4.42 Å². The molecule has 2 aromatic carbocycles. The van der Waals surface area contributed by atoms with Crippen molar-refractivity contribution in [2.24, 2.45) is 18.9 Å². The second kappa shape index (κ2) is 10.7. The van der Waals surface area contributed by atoms with Crippen LogP contribution in [0.5, 0.6) is 0 Å². The Kier molecular flexibility index (Phi) is 7.05. The van der Waals surface area contributed by atoms with E-state index in [9.17, 15) is 18.0 Å². The number of oxazole rings is 1. The van der Waals surface area contributed by atoms with Gasteiger partial charge >= 0.3 is 5.76 Å². The summed E-state index contributed by atoms with van der Waals surface area (Å²) in [5.41, 5.74) is 1.81. The topological polar surface area (TPSA) is 124 Å². The van der Waals surface area contributed by atoms with Crippen molar-refractivity contribution in [3.63, 3.8) is 0 Å². The van der Waals surface area contributed by atoms with Gasteiger partial charge < -0.3 is 9.32 Å². The molecule has 0 unspecified atom stereocenters. The van der Waals surface area contributed by atoms with E-state index >= 15 is 0 Å². The maximum atomic E-state index is 13.3. The number of carbonyl (C=O) groups excluding carboxylic acids is 1. The van der Waals surface area contributed by atoms with Gasteiger partial charge in [-0.05, 0) is 55.9 Å². The molecule has 6 rings (SSSR count). The Morgan fingerprint density at radius 2 is 1.73 bits per heavy atom. The summed E-state index contributed by atoms with van der Waals surface area (Å²) < 4.78 is 36.5. The number of amides is 1.